The summed E-state index contributed by atoms with van der Waals surface area (Å²) in [4.78, 5) is 0. The second-order valence-corrected chi connectivity index (χ2v) is 8.08. The Labute approximate surface area is 137 Å². The molecular weight excluding hydrogens is 324 g/mol. The highest BCUT2D eigenvalue weighted by molar-refractivity contribution is 9.10. The van der Waals surface area contributed by atoms with Gasteiger partial charge >= 0.3 is 0 Å². The standard InChI is InChI=1S/C19H27BrO/c1-13(2)15-9-16(20)11-17(10-15)21-12-18-14(3)7-6-8-19(18,4)5/h9-11,13H,6-8,12H2,1-5H3. The molecule has 0 amide bonds. The first-order valence-electron chi connectivity index (χ1n) is 7.92. The number of allylic oxidation sites excluding steroid dienone is 1. The van der Waals surface area contributed by atoms with E-state index in [1.807, 2.05) is 0 Å². The Morgan fingerprint density at radius 1 is 1.24 bits per heavy atom. The summed E-state index contributed by atoms with van der Waals surface area (Å²) in [6.07, 6.45) is 3.79. The number of ether oxygens (including phenoxy) is 1. The van der Waals surface area contributed by atoms with Crippen LogP contribution in [-0.2, 0) is 0 Å². The molecule has 0 bridgehead atoms. The quantitative estimate of drug-likeness (QED) is 0.564. The molecule has 0 aliphatic heterocycles. The summed E-state index contributed by atoms with van der Waals surface area (Å²) in [6, 6.07) is 6.41. The van der Waals surface area contributed by atoms with Crippen LogP contribution in [0.3, 0.4) is 0 Å². The average Bonchev–Trinajstić information content (AvgIpc) is 2.36. The van der Waals surface area contributed by atoms with Gasteiger partial charge in [0.15, 0.2) is 0 Å². The van der Waals surface area contributed by atoms with Crippen LogP contribution < -0.4 is 4.74 Å². The van der Waals surface area contributed by atoms with Gasteiger partial charge in [-0.05, 0) is 66.9 Å². The third kappa shape index (κ3) is 4.12. The van der Waals surface area contributed by atoms with Gasteiger partial charge in [0, 0.05) is 4.47 Å². The summed E-state index contributed by atoms with van der Waals surface area (Å²) in [5, 5.41) is 0. The molecule has 0 aromatic heterocycles. The minimum Gasteiger partial charge on any atom is -0.489 e. The summed E-state index contributed by atoms with van der Waals surface area (Å²) in [6.45, 7) is 12.1. The van der Waals surface area contributed by atoms with Gasteiger partial charge in [-0.1, -0.05) is 49.2 Å². The molecule has 0 saturated carbocycles. The second kappa shape index (κ2) is 6.56. The number of halogens is 1. The number of rotatable bonds is 4. The molecule has 0 unspecified atom stereocenters. The zero-order valence-electron chi connectivity index (χ0n) is 13.9. The molecule has 0 heterocycles. The van der Waals surface area contributed by atoms with Crippen molar-refractivity contribution >= 4 is 15.9 Å². The smallest absolute Gasteiger partial charge is 0.121 e. The monoisotopic (exact) mass is 350 g/mol. The molecule has 0 radical (unpaired) electrons. The Morgan fingerprint density at radius 2 is 1.95 bits per heavy atom. The molecule has 0 spiro atoms. The van der Waals surface area contributed by atoms with Gasteiger partial charge in [-0.25, -0.2) is 0 Å². The van der Waals surface area contributed by atoms with E-state index in [4.69, 9.17) is 4.74 Å². The summed E-state index contributed by atoms with van der Waals surface area (Å²) in [5.74, 6) is 1.48. The molecule has 0 N–H and O–H groups in total. The minimum absolute atomic E-state index is 0.273. The minimum atomic E-state index is 0.273. The van der Waals surface area contributed by atoms with Crippen molar-refractivity contribution < 1.29 is 4.74 Å². The first-order valence-corrected chi connectivity index (χ1v) is 8.71. The molecule has 1 nitrogen and oxygen atoms in total. The summed E-state index contributed by atoms with van der Waals surface area (Å²) < 4.78 is 7.23. The third-order valence-electron chi connectivity index (χ3n) is 4.63. The Kier molecular flexibility index (Phi) is 5.19. The van der Waals surface area contributed by atoms with Crippen LogP contribution in [0.5, 0.6) is 5.75 Å². The molecule has 0 atom stereocenters. The highest BCUT2D eigenvalue weighted by atomic mass is 79.9. The van der Waals surface area contributed by atoms with Crippen LogP contribution >= 0.6 is 15.9 Å². The Hall–Kier alpha value is -0.760. The number of hydrogen-bond acceptors (Lipinski definition) is 1. The third-order valence-corrected chi connectivity index (χ3v) is 5.09. The fraction of sp³-hybridized carbons (Fsp3) is 0.579. The lowest BCUT2D eigenvalue weighted by molar-refractivity contribution is 0.277. The SMILES string of the molecule is CC1=C(COc2cc(Br)cc(C(C)C)c2)C(C)(C)CCC1. The van der Waals surface area contributed by atoms with Crippen LogP contribution in [0.2, 0.25) is 0 Å². The lowest BCUT2D eigenvalue weighted by Gasteiger charge is -2.34. The molecule has 1 aromatic carbocycles. The van der Waals surface area contributed by atoms with E-state index in [9.17, 15) is 0 Å². The van der Waals surface area contributed by atoms with Gasteiger partial charge in [0.05, 0.1) is 0 Å². The van der Waals surface area contributed by atoms with E-state index in [-0.39, 0.29) is 5.41 Å². The van der Waals surface area contributed by atoms with Crippen molar-refractivity contribution in [2.75, 3.05) is 6.61 Å². The maximum absolute atomic E-state index is 6.14. The first kappa shape index (κ1) is 16.6. The molecule has 21 heavy (non-hydrogen) atoms. The van der Waals surface area contributed by atoms with E-state index < -0.39 is 0 Å². The molecule has 2 rings (SSSR count). The molecular formula is C19H27BrO. The van der Waals surface area contributed by atoms with Gasteiger partial charge in [-0.2, -0.15) is 0 Å². The van der Waals surface area contributed by atoms with E-state index in [0.717, 1.165) is 10.2 Å². The zero-order chi connectivity index (χ0) is 15.6. The van der Waals surface area contributed by atoms with E-state index in [1.165, 1.54) is 36.0 Å². The molecule has 1 aliphatic carbocycles. The zero-order valence-corrected chi connectivity index (χ0v) is 15.5. The highest BCUT2D eigenvalue weighted by Crippen LogP contribution is 2.40. The molecule has 0 fully saturated rings. The second-order valence-electron chi connectivity index (χ2n) is 7.16. The molecule has 116 valence electrons. The molecule has 1 aliphatic rings. The van der Waals surface area contributed by atoms with Gasteiger partial charge in [-0.15, -0.1) is 0 Å². The topological polar surface area (TPSA) is 9.23 Å². The van der Waals surface area contributed by atoms with Gasteiger partial charge in [-0.3, -0.25) is 0 Å². The largest absolute Gasteiger partial charge is 0.489 e. The van der Waals surface area contributed by atoms with Crippen LogP contribution in [0.15, 0.2) is 33.8 Å². The van der Waals surface area contributed by atoms with E-state index in [1.54, 1.807) is 0 Å². The Bertz CT molecular complexity index is 540. The van der Waals surface area contributed by atoms with Gasteiger partial charge in [0.1, 0.15) is 12.4 Å². The van der Waals surface area contributed by atoms with Crippen LogP contribution in [0, 0.1) is 5.41 Å². The van der Waals surface area contributed by atoms with Crippen molar-refractivity contribution in [3.63, 3.8) is 0 Å². The molecule has 1 aromatic rings. The van der Waals surface area contributed by atoms with Gasteiger partial charge in [0.25, 0.3) is 0 Å². The van der Waals surface area contributed by atoms with Gasteiger partial charge < -0.3 is 4.74 Å². The van der Waals surface area contributed by atoms with Crippen molar-refractivity contribution in [1.29, 1.82) is 0 Å². The normalized spacial score (nSPS) is 18.2. The van der Waals surface area contributed by atoms with E-state index in [2.05, 4.69) is 68.7 Å². The van der Waals surface area contributed by atoms with Crippen LogP contribution in [0.4, 0.5) is 0 Å². The average molecular weight is 351 g/mol. The van der Waals surface area contributed by atoms with Crippen LogP contribution in [0.1, 0.15) is 65.4 Å². The van der Waals surface area contributed by atoms with Crippen LogP contribution in [-0.4, -0.2) is 6.61 Å². The highest BCUT2D eigenvalue weighted by Gasteiger charge is 2.28. The summed E-state index contributed by atoms with van der Waals surface area (Å²) in [5.41, 5.74) is 4.59. The predicted molar refractivity (Wildman–Crippen MR) is 94.1 cm³/mol. The predicted octanol–water partition coefficient (Wildman–Crippen LogP) is 6.48. The molecule has 0 saturated heterocycles. The maximum Gasteiger partial charge on any atom is 0.121 e. The first-order chi connectivity index (χ1) is 9.79. The summed E-state index contributed by atoms with van der Waals surface area (Å²) in [7, 11) is 0. The van der Waals surface area contributed by atoms with Gasteiger partial charge in [0.2, 0.25) is 0 Å². The number of hydrogen-bond donors (Lipinski definition) is 0. The van der Waals surface area contributed by atoms with Crippen LogP contribution in [0.25, 0.3) is 0 Å². The van der Waals surface area contributed by atoms with Crippen molar-refractivity contribution in [2.45, 2.75) is 59.8 Å². The van der Waals surface area contributed by atoms with Crippen molar-refractivity contribution in [2.24, 2.45) is 5.41 Å². The Balaban J connectivity index is 2.16. The fourth-order valence-corrected chi connectivity index (χ4v) is 3.64. The summed E-state index contributed by atoms with van der Waals surface area (Å²) >= 11 is 3.59. The molecule has 2 heteroatoms. The van der Waals surface area contributed by atoms with Crippen molar-refractivity contribution in [1.82, 2.24) is 0 Å². The lowest BCUT2D eigenvalue weighted by atomic mass is 9.73. The van der Waals surface area contributed by atoms with E-state index >= 15 is 0 Å². The lowest BCUT2D eigenvalue weighted by Crippen LogP contribution is -2.24. The van der Waals surface area contributed by atoms with E-state index in [0.29, 0.717) is 12.5 Å². The number of benzene rings is 1. The fourth-order valence-electron chi connectivity index (χ4n) is 3.15. The van der Waals surface area contributed by atoms with Crippen molar-refractivity contribution in [3.8, 4) is 5.75 Å². The Morgan fingerprint density at radius 3 is 2.57 bits per heavy atom. The maximum atomic E-state index is 6.14. The van der Waals surface area contributed by atoms with Crippen molar-refractivity contribution in [3.05, 3.63) is 39.4 Å².